The minimum atomic E-state index is 0.713. The molecule has 2 N–H and O–H groups in total. The fourth-order valence-corrected chi connectivity index (χ4v) is 2.12. The molecule has 1 aromatic carbocycles. The summed E-state index contributed by atoms with van der Waals surface area (Å²) < 4.78 is 2.11. The summed E-state index contributed by atoms with van der Waals surface area (Å²) in [6.07, 6.45) is 4.16. The SMILES string of the molecule is Cn1c(Cc2ccncc2N)nc2ccccc21. The highest BCUT2D eigenvalue weighted by atomic mass is 15.1. The van der Waals surface area contributed by atoms with E-state index in [9.17, 15) is 0 Å². The molecule has 4 nitrogen and oxygen atoms in total. The van der Waals surface area contributed by atoms with Crippen LogP contribution in [-0.4, -0.2) is 14.5 Å². The normalized spacial score (nSPS) is 10.9. The van der Waals surface area contributed by atoms with Gasteiger partial charge in [0.1, 0.15) is 5.82 Å². The van der Waals surface area contributed by atoms with E-state index >= 15 is 0 Å². The molecule has 3 rings (SSSR count). The Morgan fingerprint density at radius 1 is 1.22 bits per heavy atom. The van der Waals surface area contributed by atoms with Crippen LogP contribution in [0.1, 0.15) is 11.4 Å². The maximum absolute atomic E-state index is 5.91. The number of hydrogen-bond acceptors (Lipinski definition) is 3. The largest absolute Gasteiger partial charge is 0.397 e. The summed E-state index contributed by atoms with van der Waals surface area (Å²) >= 11 is 0. The Hall–Kier alpha value is -2.36. The molecule has 0 atom stereocenters. The van der Waals surface area contributed by atoms with Crippen LogP contribution >= 0.6 is 0 Å². The van der Waals surface area contributed by atoms with Gasteiger partial charge in [-0.1, -0.05) is 12.1 Å². The van der Waals surface area contributed by atoms with Crippen LogP contribution in [0.2, 0.25) is 0 Å². The molecule has 0 unspecified atom stereocenters. The van der Waals surface area contributed by atoms with Gasteiger partial charge in [0, 0.05) is 19.7 Å². The minimum absolute atomic E-state index is 0.713. The molecule has 0 bridgehead atoms. The third-order valence-electron chi connectivity index (χ3n) is 3.17. The molecule has 0 aliphatic heterocycles. The van der Waals surface area contributed by atoms with Crippen LogP contribution in [0.3, 0.4) is 0 Å². The molecule has 4 heteroatoms. The summed E-state index contributed by atoms with van der Waals surface area (Å²) in [5.74, 6) is 1.01. The van der Waals surface area contributed by atoms with Crippen molar-refractivity contribution in [3.05, 3.63) is 54.1 Å². The van der Waals surface area contributed by atoms with Crippen LogP contribution in [0.4, 0.5) is 5.69 Å². The molecule has 2 heterocycles. The molecular formula is C14H14N4. The van der Waals surface area contributed by atoms with Gasteiger partial charge in [0.15, 0.2) is 0 Å². The molecule has 2 aromatic heterocycles. The van der Waals surface area contributed by atoms with E-state index in [0.29, 0.717) is 5.69 Å². The standard InChI is InChI=1S/C14H14N4/c1-18-13-5-3-2-4-12(13)17-14(18)8-10-6-7-16-9-11(10)15/h2-7,9H,8,15H2,1H3. The number of nitrogens with zero attached hydrogens (tertiary/aromatic N) is 3. The number of imidazole rings is 1. The van der Waals surface area contributed by atoms with E-state index in [0.717, 1.165) is 28.8 Å². The van der Waals surface area contributed by atoms with Gasteiger partial charge < -0.3 is 10.3 Å². The van der Waals surface area contributed by atoms with Crippen molar-refractivity contribution in [1.82, 2.24) is 14.5 Å². The van der Waals surface area contributed by atoms with Crippen molar-refractivity contribution in [1.29, 1.82) is 0 Å². The van der Waals surface area contributed by atoms with Gasteiger partial charge >= 0.3 is 0 Å². The van der Waals surface area contributed by atoms with Crippen molar-refractivity contribution in [2.75, 3.05) is 5.73 Å². The smallest absolute Gasteiger partial charge is 0.114 e. The molecule has 0 aliphatic rings. The fourth-order valence-electron chi connectivity index (χ4n) is 2.12. The zero-order chi connectivity index (χ0) is 12.5. The molecule has 0 saturated heterocycles. The van der Waals surface area contributed by atoms with Crippen LogP contribution in [-0.2, 0) is 13.5 Å². The highest BCUT2D eigenvalue weighted by molar-refractivity contribution is 5.75. The zero-order valence-electron chi connectivity index (χ0n) is 10.2. The molecule has 18 heavy (non-hydrogen) atoms. The lowest BCUT2D eigenvalue weighted by atomic mass is 10.1. The number of para-hydroxylation sites is 2. The summed E-state index contributed by atoms with van der Waals surface area (Å²) in [4.78, 5) is 8.64. The van der Waals surface area contributed by atoms with Gasteiger partial charge in [0.05, 0.1) is 22.9 Å². The number of fused-ring (bicyclic) bond motifs is 1. The lowest BCUT2D eigenvalue weighted by Crippen LogP contribution is -2.02. The number of rotatable bonds is 2. The first kappa shape index (κ1) is 10.8. The monoisotopic (exact) mass is 238 g/mol. The Morgan fingerprint density at radius 2 is 2.06 bits per heavy atom. The molecule has 0 amide bonds. The Bertz CT molecular complexity index is 700. The fraction of sp³-hybridized carbons (Fsp3) is 0.143. The van der Waals surface area contributed by atoms with Crippen LogP contribution in [0, 0.1) is 0 Å². The number of pyridine rings is 1. The van der Waals surface area contributed by atoms with Gasteiger partial charge in [0.2, 0.25) is 0 Å². The van der Waals surface area contributed by atoms with Crippen molar-refractivity contribution in [3.8, 4) is 0 Å². The first-order valence-electron chi connectivity index (χ1n) is 5.84. The number of aromatic nitrogens is 3. The van der Waals surface area contributed by atoms with Gasteiger partial charge in [-0.2, -0.15) is 0 Å². The quantitative estimate of drug-likeness (QED) is 0.744. The Labute approximate surface area is 105 Å². The topological polar surface area (TPSA) is 56.7 Å². The summed E-state index contributed by atoms with van der Waals surface area (Å²) in [6.45, 7) is 0. The molecule has 0 spiro atoms. The highest BCUT2D eigenvalue weighted by Crippen LogP contribution is 2.19. The molecule has 0 aliphatic carbocycles. The van der Waals surface area contributed by atoms with Crippen molar-refractivity contribution in [3.63, 3.8) is 0 Å². The number of nitrogens with two attached hydrogens (primary N) is 1. The Morgan fingerprint density at radius 3 is 2.83 bits per heavy atom. The van der Waals surface area contributed by atoms with Crippen molar-refractivity contribution in [2.24, 2.45) is 7.05 Å². The van der Waals surface area contributed by atoms with Crippen LogP contribution in [0.25, 0.3) is 11.0 Å². The second-order valence-corrected chi connectivity index (χ2v) is 4.33. The second-order valence-electron chi connectivity index (χ2n) is 4.33. The average Bonchev–Trinajstić information content (AvgIpc) is 2.70. The van der Waals surface area contributed by atoms with Crippen molar-refractivity contribution in [2.45, 2.75) is 6.42 Å². The Kier molecular flexibility index (Phi) is 2.48. The summed E-state index contributed by atoms with van der Waals surface area (Å²) in [6, 6.07) is 10.1. The molecule has 0 radical (unpaired) electrons. The van der Waals surface area contributed by atoms with Gasteiger partial charge in [0.25, 0.3) is 0 Å². The number of nitrogen functional groups attached to an aromatic ring is 1. The Balaban J connectivity index is 2.06. The van der Waals surface area contributed by atoms with E-state index in [1.807, 2.05) is 31.3 Å². The number of aryl methyl sites for hydroxylation is 1. The zero-order valence-corrected chi connectivity index (χ0v) is 10.2. The van der Waals surface area contributed by atoms with E-state index in [2.05, 4.69) is 20.6 Å². The summed E-state index contributed by atoms with van der Waals surface area (Å²) in [5.41, 5.74) is 9.84. The molecule has 90 valence electrons. The molecular weight excluding hydrogens is 224 g/mol. The third-order valence-corrected chi connectivity index (χ3v) is 3.17. The third kappa shape index (κ3) is 1.72. The van der Waals surface area contributed by atoms with Crippen LogP contribution < -0.4 is 5.73 Å². The molecule has 0 saturated carbocycles. The average molecular weight is 238 g/mol. The molecule has 0 fully saturated rings. The van der Waals surface area contributed by atoms with Gasteiger partial charge in [-0.25, -0.2) is 4.98 Å². The minimum Gasteiger partial charge on any atom is -0.397 e. The summed E-state index contributed by atoms with van der Waals surface area (Å²) in [7, 11) is 2.03. The number of hydrogen-bond donors (Lipinski definition) is 1. The van der Waals surface area contributed by atoms with E-state index in [4.69, 9.17) is 5.73 Å². The lowest BCUT2D eigenvalue weighted by molar-refractivity contribution is 0.845. The predicted octanol–water partition coefficient (Wildman–Crippen LogP) is 2.14. The number of benzene rings is 1. The predicted molar refractivity (Wildman–Crippen MR) is 72.2 cm³/mol. The van der Waals surface area contributed by atoms with Crippen molar-refractivity contribution < 1.29 is 0 Å². The maximum Gasteiger partial charge on any atom is 0.114 e. The maximum atomic E-state index is 5.91. The first-order chi connectivity index (χ1) is 8.75. The lowest BCUT2D eigenvalue weighted by Gasteiger charge is -2.05. The molecule has 3 aromatic rings. The van der Waals surface area contributed by atoms with E-state index in [-0.39, 0.29) is 0 Å². The summed E-state index contributed by atoms with van der Waals surface area (Å²) in [5, 5.41) is 0. The highest BCUT2D eigenvalue weighted by Gasteiger charge is 2.09. The van der Waals surface area contributed by atoms with E-state index in [1.165, 1.54) is 0 Å². The van der Waals surface area contributed by atoms with Crippen LogP contribution in [0.5, 0.6) is 0 Å². The van der Waals surface area contributed by atoms with Crippen molar-refractivity contribution >= 4 is 16.7 Å². The van der Waals surface area contributed by atoms with Gasteiger partial charge in [-0.05, 0) is 23.8 Å². The first-order valence-corrected chi connectivity index (χ1v) is 5.84. The second kappa shape index (κ2) is 4.14. The van der Waals surface area contributed by atoms with Crippen LogP contribution in [0.15, 0.2) is 42.7 Å². The van der Waals surface area contributed by atoms with Gasteiger partial charge in [-0.3, -0.25) is 4.98 Å². The number of anilines is 1. The van der Waals surface area contributed by atoms with E-state index < -0.39 is 0 Å². The van der Waals surface area contributed by atoms with E-state index in [1.54, 1.807) is 12.4 Å². The van der Waals surface area contributed by atoms with Gasteiger partial charge in [-0.15, -0.1) is 0 Å².